The van der Waals surface area contributed by atoms with E-state index in [9.17, 15) is 4.79 Å². The fourth-order valence-electron chi connectivity index (χ4n) is 3.10. The van der Waals surface area contributed by atoms with Gasteiger partial charge in [-0.1, -0.05) is 13.8 Å². The van der Waals surface area contributed by atoms with E-state index >= 15 is 0 Å². The van der Waals surface area contributed by atoms with Crippen LogP contribution in [0.4, 0.5) is 0 Å². The van der Waals surface area contributed by atoms with E-state index in [0.29, 0.717) is 17.4 Å². The first-order valence-corrected chi connectivity index (χ1v) is 7.08. The highest BCUT2D eigenvalue weighted by Crippen LogP contribution is 2.28. The van der Waals surface area contributed by atoms with Crippen LogP contribution >= 0.6 is 12.4 Å². The fraction of sp³-hybridized carbons (Fsp3) is 0.929. The summed E-state index contributed by atoms with van der Waals surface area (Å²) in [4.78, 5) is 14.2. The second-order valence-corrected chi connectivity index (χ2v) is 6.42. The second-order valence-electron chi connectivity index (χ2n) is 6.42. The fourth-order valence-corrected chi connectivity index (χ4v) is 3.10. The Hall–Kier alpha value is -0.280. The van der Waals surface area contributed by atoms with Gasteiger partial charge in [-0.15, -0.1) is 12.4 Å². The Kier molecular flexibility index (Phi) is 5.93. The molecule has 4 heteroatoms. The van der Waals surface area contributed by atoms with Crippen molar-refractivity contribution in [3.05, 3.63) is 0 Å². The van der Waals surface area contributed by atoms with Crippen LogP contribution < -0.4 is 5.32 Å². The van der Waals surface area contributed by atoms with Gasteiger partial charge in [0.05, 0.1) is 0 Å². The third kappa shape index (κ3) is 4.43. The van der Waals surface area contributed by atoms with Crippen molar-refractivity contribution in [2.45, 2.75) is 58.4 Å². The van der Waals surface area contributed by atoms with Gasteiger partial charge in [-0.3, -0.25) is 4.79 Å². The molecule has 0 aliphatic carbocycles. The van der Waals surface area contributed by atoms with Crippen LogP contribution in [0.2, 0.25) is 0 Å². The van der Waals surface area contributed by atoms with E-state index < -0.39 is 0 Å². The molecule has 0 radical (unpaired) electrons. The summed E-state index contributed by atoms with van der Waals surface area (Å²) in [5.41, 5.74) is 0.319. The number of amides is 1. The van der Waals surface area contributed by atoms with Crippen molar-refractivity contribution in [1.82, 2.24) is 10.2 Å². The van der Waals surface area contributed by atoms with Gasteiger partial charge < -0.3 is 10.2 Å². The molecule has 0 aromatic carbocycles. The normalized spacial score (nSPS) is 26.8. The van der Waals surface area contributed by atoms with Gasteiger partial charge in [0, 0.05) is 25.6 Å². The molecule has 1 amide bonds. The minimum Gasteiger partial charge on any atom is -0.342 e. The maximum atomic E-state index is 12.1. The molecule has 0 bridgehead atoms. The molecule has 2 rings (SSSR count). The van der Waals surface area contributed by atoms with Crippen LogP contribution in [-0.4, -0.2) is 36.5 Å². The molecule has 3 nitrogen and oxygen atoms in total. The summed E-state index contributed by atoms with van der Waals surface area (Å²) in [6.45, 7) is 7.59. The third-order valence-corrected chi connectivity index (χ3v) is 4.12. The van der Waals surface area contributed by atoms with E-state index in [1.807, 2.05) is 0 Å². The lowest BCUT2D eigenvalue weighted by Crippen LogP contribution is -2.43. The van der Waals surface area contributed by atoms with Crippen molar-refractivity contribution >= 4 is 18.3 Å². The van der Waals surface area contributed by atoms with Gasteiger partial charge in [-0.05, 0) is 44.1 Å². The Balaban J connectivity index is 0.00000162. The molecule has 1 unspecified atom stereocenters. The van der Waals surface area contributed by atoms with Gasteiger partial charge in [-0.25, -0.2) is 0 Å². The summed E-state index contributed by atoms with van der Waals surface area (Å²) in [5, 5.41) is 3.46. The second kappa shape index (κ2) is 6.76. The number of hydrogen-bond acceptors (Lipinski definition) is 2. The summed E-state index contributed by atoms with van der Waals surface area (Å²) in [5.74, 6) is 0.367. The zero-order valence-corrected chi connectivity index (χ0v) is 12.5. The van der Waals surface area contributed by atoms with Crippen LogP contribution in [0.3, 0.4) is 0 Å². The van der Waals surface area contributed by atoms with E-state index in [0.717, 1.165) is 32.5 Å². The summed E-state index contributed by atoms with van der Waals surface area (Å²) in [6, 6.07) is 0.594. The van der Waals surface area contributed by atoms with Crippen molar-refractivity contribution in [2.24, 2.45) is 5.41 Å². The maximum Gasteiger partial charge on any atom is 0.222 e. The van der Waals surface area contributed by atoms with Crippen LogP contribution in [0.25, 0.3) is 0 Å². The number of nitrogens with zero attached hydrogens (tertiary/aromatic N) is 1. The molecule has 0 aromatic heterocycles. The van der Waals surface area contributed by atoms with E-state index in [2.05, 4.69) is 24.1 Å². The highest BCUT2D eigenvalue weighted by Gasteiger charge is 2.29. The lowest BCUT2D eigenvalue weighted by Gasteiger charge is -2.38. The Morgan fingerprint density at radius 2 is 2.17 bits per heavy atom. The standard InChI is InChI=1S/C14H26N2O.ClH/c1-14(2)8-4-10-16(11-14)13(17)7-6-12-5-3-9-15-12;/h12,15H,3-11H2,1-2H3;1H. The van der Waals surface area contributed by atoms with Crippen LogP contribution in [0.15, 0.2) is 0 Å². The predicted molar refractivity (Wildman–Crippen MR) is 77.1 cm³/mol. The number of likely N-dealkylation sites (tertiary alicyclic amines) is 1. The number of nitrogens with one attached hydrogen (secondary N) is 1. The zero-order chi connectivity index (χ0) is 12.3. The molecule has 0 saturated carbocycles. The van der Waals surface area contributed by atoms with Gasteiger partial charge >= 0.3 is 0 Å². The average Bonchev–Trinajstić information content (AvgIpc) is 2.77. The van der Waals surface area contributed by atoms with Crippen LogP contribution in [0.5, 0.6) is 0 Å². The summed E-state index contributed by atoms with van der Waals surface area (Å²) in [6.07, 6.45) is 6.69. The van der Waals surface area contributed by atoms with Crippen molar-refractivity contribution in [3.8, 4) is 0 Å². The monoisotopic (exact) mass is 274 g/mol. The minimum absolute atomic E-state index is 0. The van der Waals surface area contributed by atoms with Gasteiger partial charge in [-0.2, -0.15) is 0 Å². The lowest BCUT2D eigenvalue weighted by atomic mass is 9.84. The number of carbonyl (C=O) groups is 1. The molecule has 2 heterocycles. The first-order chi connectivity index (χ1) is 8.07. The number of hydrogen-bond donors (Lipinski definition) is 1. The summed E-state index contributed by atoms with van der Waals surface area (Å²) >= 11 is 0. The Bertz CT molecular complexity index is 275. The number of halogens is 1. The molecule has 1 N–H and O–H groups in total. The van der Waals surface area contributed by atoms with E-state index in [1.54, 1.807) is 0 Å². The van der Waals surface area contributed by atoms with Crippen LogP contribution in [-0.2, 0) is 4.79 Å². The topological polar surface area (TPSA) is 32.3 Å². The molecule has 2 aliphatic heterocycles. The third-order valence-electron chi connectivity index (χ3n) is 4.12. The molecule has 0 spiro atoms. The van der Waals surface area contributed by atoms with Crippen LogP contribution in [0.1, 0.15) is 52.4 Å². The summed E-state index contributed by atoms with van der Waals surface area (Å²) in [7, 11) is 0. The smallest absolute Gasteiger partial charge is 0.222 e. The highest BCUT2D eigenvalue weighted by atomic mass is 35.5. The molecule has 2 aliphatic rings. The number of carbonyl (C=O) groups excluding carboxylic acids is 1. The first-order valence-electron chi connectivity index (χ1n) is 7.08. The van der Waals surface area contributed by atoms with Gasteiger partial charge in [0.25, 0.3) is 0 Å². The summed E-state index contributed by atoms with van der Waals surface area (Å²) < 4.78 is 0. The highest BCUT2D eigenvalue weighted by molar-refractivity contribution is 5.85. The average molecular weight is 275 g/mol. The van der Waals surface area contributed by atoms with E-state index in [-0.39, 0.29) is 12.4 Å². The van der Waals surface area contributed by atoms with Gasteiger partial charge in [0.2, 0.25) is 5.91 Å². The molecular weight excluding hydrogens is 248 g/mol. The Morgan fingerprint density at radius 1 is 1.39 bits per heavy atom. The van der Waals surface area contributed by atoms with E-state index in [1.165, 1.54) is 25.7 Å². The molecule has 106 valence electrons. The SMILES string of the molecule is CC1(C)CCCN(C(=O)CCC2CCCN2)C1.Cl. The molecular formula is C14H27ClN2O. The van der Waals surface area contributed by atoms with Crippen molar-refractivity contribution in [3.63, 3.8) is 0 Å². The van der Waals surface area contributed by atoms with Crippen molar-refractivity contribution in [2.75, 3.05) is 19.6 Å². The van der Waals surface area contributed by atoms with Crippen LogP contribution in [0, 0.1) is 5.41 Å². The molecule has 2 fully saturated rings. The Morgan fingerprint density at radius 3 is 2.78 bits per heavy atom. The zero-order valence-electron chi connectivity index (χ0n) is 11.7. The van der Waals surface area contributed by atoms with Gasteiger partial charge in [0.15, 0.2) is 0 Å². The largest absolute Gasteiger partial charge is 0.342 e. The molecule has 2 saturated heterocycles. The maximum absolute atomic E-state index is 12.1. The number of rotatable bonds is 3. The van der Waals surface area contributed by atoms with Crippen molar-refractivity contribution in [1.29, 1.82) is 0 Å². The molecule has 1 atom stereocenters. The van der Waals surface area contributed by atoms with E-state index in [4.69, 9.17) is 0 Å². The van der Waals surface area contributed by atoms with Gasteiger partial charge in [0.1, 0.15) is 0 Å². The van der Waals surface area contributed by atoms with Crippen molar-refractivity contribution < 1.29 is 4.79 Å². The first kappa shape index (κ1) is 15.8. The Labute approximate surface area is 117 Å². The number of piperidine rings is 1. The lowest BCUT2D eigenvalue weighted by molar-refractivity contribution is -0.134. The quantitative estimate of drug-likeness (QED) is 0.858. The molecule has 18 heavy (non-hydrogen) atoms. The predicted octanol–water partition coefficient (Wildman–Crippen LogP) is 2.59. The minimum atomic E-state index is 0. The molecule has 0 aromatic rings.